The molecule has 0 saturated heterocycles. The van der Waals surface area contributed by atoms with Gasteiger partial charge in [0.25, 0.3) is 0 Å². The lowest BCUT2D eigenvalue weighted by atomic mass is 10.0. The summed E-state index contributed by atoms with van der Waals surface area (Å²) in [6.07, 6.45) is 5.82. The molecule has 0 spiro atoms. The maximum absolute atomic E-state index is 3.74. The van der Waals surface area contributed by atoms with Crippen molar-refractivity contribution < 1.29 is 0 Å². The average molecular weight is 183 g/mol. The zero-order valence-electron chi connectivity index (χ0n) is 9.55. The zero-order chi connectivity index (χ0) is 10.1. The highest BCUT2D eigenvalue weighted by Crippen LogP contribution is 2.09. The summed E-state index contributed by atoms with van der Waals surface area (Å²) in [5.74, 6) is 0.833. The summed E-state index contributed by atoms with van der Waals surface area (Å²) in [5, 5.41) is 0. The van der Waals surface area contributed by atoms with E-state index in [9.17, 15) is 0 Å². The van der Waals surface area contributed by atoms with Crippen LogP contribution in [0.2, 0.25) is 0 Å². The fourth-order valence-electron chi connectivity index (χ4n) is 1.62. The topological polar surface area (TPSA) is 3.24 Å². The van der Waals surface area contributed by atoms with Gasteiger partial charge in [-0.15, -0.1) is 6.58 Å². The molecule has 1 unspecified atom stereocenters. The van der Waals surface area contributed by atoms with Crippen LogP contribution in [0.15, 0.2) is 12.7 Å². The number of allylic oxidation sites excluding steroid dienone is 1. The molecule has 0 radical (unpaired) electrons. The molecule has 0 aromatic heterocycles. The molecule has 0 aromatic rings. The lowest BCUT2D eigenvalue weighted by molar-refractivity contribution is 0.252. The van der Waals surface area contributed by atoms with Gasteiger partial charge >= 0.3 is 0 Å². The van der Waals surface area contributed by atoms with Crippen molar-refractivity contribution >= 4 is 0 Å². The van der Waals surface area contributed by atoms with Crippen molar-refractivity contribution in [1.29, 1.82) is 0 Å². The van der Waals surface area contributed by atoms with Crippen molar-refractivity contribution in [3.8, 4) is 0 Å². The molecule has 0 aliphatic heterocycles. The van der Waals surface area contributed by atoms with Gasteiger partial charge in [-0.05, 0) is 38.3 Å². The largest absolute Gasteiger partial charge is 0.304 e. The van der Waals surface area contributed by atoms with E-state index in [1.54, 1.807) is 0 Å². The van der Waals surface area contributed by atoms with Gasteiger partial charge in [0.15, 0.2) is 0 Å². The first-order chi connectivity index (χ1) is 6.24. The van der Waals surface area contributed by atoms with Crippen LogP contribution >= 0.6 is 0 Å². The highest BCUT2D eigenvalue weighted by atomic mass is 15.1. The van der Waals surface area contributed by atoms with Gasteiger partial charge in [-0.3, -0.25) is 0 Å². The van der Waals surface area contributed by atoms with Crippen LogP contribution in [-0.2, 0) is 0 Å². The molecule has 78 valence electrons. The zero-order valence-corrected chi connectivity index (χ0v) is 9.55. The Bertz CT molecular complexity index is 116. The minimum atomic E-state index is 0.833. The highest BCUT2D eigenvalue weighted by molar-refractivity contribution is 4.68. The van der Waals surface area contributed by atoms with E-state index in [1.165, 1.54) is 38.9 Å². The summed E-state index contributed by atoms with van der Waals surface area (Å²) in [5.41, 5.74) is 0. The van der Waals surface area contributed by atoms with Crippen LogP contribution in [0.25, 0.3) is 0 Å². The van der Waals surface area contributed by atoms with Crippen LogP contribution < -0.4 is 0 Å². The summed E-state index contributed by atoms with van der Waals surface area (Å²) in [6, 6.07) is 0. The highest BCUT2D eigenvalue weighted by Gasteiger charge is 2.05. The smallest absolute Gasteiger partial charge is 0.000679 e. The molecule has 0 aliphatic carbocycles. The Morgan fingerprint density at radius 1 is 1.31 bits per heavy atom. The third-order valence-electron chi connectivity index (χ3n) is 2.57. The molecule has 0 saturated carbocycles. The van der Waals surface area contributed by atoms with Gasteiger partial charge in [0.05, 0.1) is 0 Å². The molecule has 0 bridgehead atoms. The first-order valence-electron chi connectivity index (χ1n) is 5.57. The van der Waals surface area contributed by atoms with Gasteiger partial charge in [-0.25, -0.2) is 0 Å². The van der Waals surface area contributed by atoms with E-state index in [1.807, 2.05) is 6.08 Å². The van der Waals surface area contributed by atoms with E-state index in [2.05, 4.69) is 32.3 Å². The number of rotatable bonds is 8. The SMILES string of the molecule is C=CCCCC(C)CN(CC)CC. The van der Waals surface area contributed by atoms with E-state index < -0.39 is 0 Å². The van der Waals surface area contributed by atoms with E-state index >= 15 is 0 Å². The van der Waals surface area contributed by atoms with Crippen LogP contribution in [-0.4, -0.2) is 24.5 Å². The Morgan fingerprint density at radius 2 is 1.92 bits per heavy atom. The molecule has 1 atom stereocenters. The molecular formula is C12H25N. The molecule has 1 nitrogen and oxygen atoms in total. The van der Waals surface area contributed by atoms with Crippen molar-refractivity contribution in [3.05, 3.63) is 12.7 Å². The lowest BCUT2D eigenvalue weighted by Crippen LogP contribution is -2.28. The molecule has 0 aliphatic rings. The predicted molar refractivity (Wildman–Crippen MR) is 61.0 cm³/mol. The van der Waals surface area contributed by atoms with Crippen LogP contribution in [0.5, 0.6) is 0 Å². The summed E-state index contributed by atoms with van der Waals surface area (Å²) in [6.45, 7) is 14.2. The fourth-order valence-corrected chi connectivity index (χ4v) is 1.62. The summed E-state index contributed by atoms with van der Waals surface area (Å²) in [4.78, 5) is 2.50. The van der Waals surface area contributed by atoms with Crippen LogP contribution in [0.4, 0.5) is 0 Å². The van der Waals surface area contributed by atoms with Gasteiger partial charge in [-0.2, -0.15) is 0 Å². The Balaban J connectivity index is 3.47. The quantitative estimate of drug-likeness (QED) is 0.412. The summed E-state index contributed by atoms with van der Waals surface area (Å²) in [7, 11) is 0. The van der Waals surface area contributed by atoms with Crippen molar-refractivity contribution in [1.82, 2.24) is 4.90 Å². The molecule has 13 heavy (non-hydrogen) atoms. The van der Waals surface area contributed by atoms with E-state index in [-0.39, 0.29) is 0 Å². The number of nitrogens with zero attached hydrogens (tertiary/aromatic N) is 1. The van der Waals surface area contributed by atoms with Crippen molar-refractivity contribution in [2.75, 3.05) is 19.6 Å². The van der Waals surface area contributed by atoms with Crippen molar-refractivity contribution in [3.63, 3.8) is 0 Å². The number of hydrogen-bond donors (Lipinski definition) is 0. The Hall–Kier alpha value is -0.300. The predicted octanol–water partition coefficient (Wildman–Crippen LogP) is 3.32. The first-order valence-corrected chi connectivity index (χ1v) is 5.57. The molecule has 0 heterocycles. The maximum atomic E-state index is 3.74. The fraction of sp³-hybridized carbons (Fsp3) is 0.833. The number of unbranched alkanes of at least 4 members (excludes halogenated alkanes) is 1. The lowest BCUT2D eigenvalue weighted by Gasteiger charge is -2.22. The molecule has 1 heteroatoms. The molecule has 0 fully saturated rings. The second-order valence-electron chi connectivity index (χ2n) is 3.81. The standard InChI is InChI=1S/C12H25N/c1-5-8-9-10-12(4)11-13(6-2)7-3/h5,12H,1,6-11H2,2-4H3. The first kappa shape index (κ1) is 12.7. The third-order valence-corrected chi connectivity index (χ3v) is 2.57. The van der Waals surface area contributed by atoms with E-state index in [4.69, 9.17) is 0 Å². The number of hydrogen-bond acceptors (Lipinski definition) is 1. The van der Waals surface area contributed by atoms with Crippen LogP contribution in [0, 0.1) is 5.92 Å². The van der Waals surface area contributed by atoms with Crippen molar-refractivity contribution in [2.45, 2.75) is 40.0 Å². The second-order valence-corrected chi connectivity index (χ2v) is 3.81. The Kier molecular flexibility index (Phi) is 8.11. The molecular weight excluding hydrogens is 158 g/mol. The summed E-state index contributed by atoms with van der Waals surface area (Å²) < 4.78 is 0. The van der Waals surface area contributed by atoms with Gasteiger partial charge in [0.2, 0.25) is 0 Å². The maximum Gasteiger partial charge on any atom is 0.000679 e. The molecule has 0 rings (SSSR count). The second kappa shape index (κ2) is 8.31. The van der Waals surface area contributed by atoms with E-state index in [0.29, 0.717) is 0 Å². The third kappa shape index (κ3) is 6.83. The normalized spacial score (nSPS) is 13.2. The van der Waals surface area contributed by atoms with Crippen LogP contribution in [0.3, 0.4) is 0 Å². The molecule has 0 amide bonds. The van der Waals surface area contributed by atoms with Gasteiger partial charge in [0, 0.05) is 6.54 Å². The average Bonchev–Trinajstić information content (AvgIpc) is 2.14. The van der Waals surface area contributed by atoms with Crippen LogP contribution in [0.1, 0.15) is 40.0 Å². The molecule has 0 aromatic carbocycles. The van der Waals surface area contributed by atoms with Crippen molar-refractivity contribution in [2.24, 2.45) is 5.92 Å². The summed E-state index contributed by atoms with van der Waals surface area (Å²) >= 11 is 0. The van der Waals surface area contributed by atoms with Gasteiger partial charge in [-0.1, -0.05) is 26.8 Å². The Labute approximate surface area is 83.8 Å². The minimum absolute atomic E-state index is 0.833. The van der Waals surface area contributed by atoms with Gasteiger partial charge in [0.1, 0.15) is 0 Å². The minimum Gasteiger partial charge on any atom is -0.304 e. The monoisotopic (exact) mass is 183 g/mol. The van der Waals surface area contributed by atoms with E-state index in [0.717, 1.165) is 5.92 Å². The molecule has 0 N–H and O–H groups in total. The Morgan fingerprint density at radius 3 is 2.38 bits per heavy atom. The van der Waals surface area contributed by atoms with Gasteiger partial charge < -0.3 is 4.90 Å².